The molecule has 3 heterocycles. The Morgan fingerprint density at radius 1 is 1.00 bits per heavy atom. The summed E-state index contributed by atoms with van der Waals surface area (Å²) in [6, 6.07) is 15.2. The molecule has 0 radical (unpaired) electrons. The molecule has 2 aliphatic heterocycles. The maximum atomic E-state index is 13.3. The lowest BCUT2D eigenvalue weighted by Gasteiger charge is -2.17. The molecule has 10 heteroatoms. The number of benzene rings is 2. The summed E-state index contributed by atoms with van der Waals surface area (Å²) in [7, 11) is 0. The second kappa shape index (κ2) is 9.99. The fraction of sp³-hybridized carbons (Fsp3) is 0.160. The highest BCUT2D eigenvalue weighted by atomic mass is 35.5. The van der Waals surface area contributed by atoms with Crippen LogP contribution in [0.4, 0.5) is 11.4 Å². The number of rotatable bonds is 4. The van der Waals surface area contributed by atoms with E-state index in [0.29, 0.717) is 30.0 Å². The molecule has 0 spiro atoms. The Hall–Kier alpha value is -2.30. The normalized spacial score (nSPS) is 18.8. The number of carbonyl (C=O) groups excluding carboxylic acids is 1. The number of hydrogen-bond donors (Lipinski definition) is 0. The summed E-state index contributed by atoms with van der Waals surface area (Å²) in [4.78, 5) is 31.9. The zero-order chi connectivity index (χ0) is 24.7. The van der Waals surface area contributed by atoms with Crippen molar-refractivity contribution >= 4 is 91.3 Å². The Kier molecular flexibility index (Phi) is 6.96. The summed E-state index contributed by atoms with van der Waals surface area (Å²) >= 11 is 15.9. The molecular weight excluding hydrogens is 538 g/mol. The van der Waals surface area contributed by atoms with Gasteiger partial charge in [0.1, 0.15) is 9.57 Å². The fourth-order valence-electron chi connectivity index (χ4n) is 3.96. The number of para-hydroxylation sites is 1. The number of anilines is 2. The minimum atomic E-state index is -0.199. The third kappa shape index (κ3) is 4.40. The summed E-state index contributed by atoms with van der Waals surface area (Å²) in [5.74, 6) is -0.199. The molecule has 1 fully saturated rings. The van der Waals surface area contributed by atoms with Crippen LogP contribution in [-0.4, -0.2) is 21.3 Å². The van der Waals surface area contributed by atoms with Gasteiger partial charge in [-0.1, -0.05) is 65.5 Å². The molecular formula is C25H20ClN3O2S4. The number of thioether (sulfide) groups is 2. The maximum Gasteiger partial charge on any atom is 0.273 e. The van der Waals surface area contributed by atoms with Crippen LogP contribution in [-0.2, 0) is 11.3 Å². The first-order valence-corrected chi connectivity index (χ1v) is 14.2. The summed E-state index contributed by atoms with van der Waals surface area (Å²) in [5, 5.41) is 1.72. The van der Waals surface area contributed by atoms with Gasteiger partial charge in [-0.05, 0) is 56.3 Å². The van der Waals surface area contributed by atoms with E-state index in [-0.39, 0.29) is 11.5 Å². The number of thiocarbonyl (C=S) groups is 1. The second-order valence-corrected chi connectivity index (χ2v) is 11.8. The first-order chi connectivity index (χ1) is 16.9. The number of thiazole rings is 1. The number of carbonyl (C=O) groups is 1. The zero-order valence-electron chi connectivity index (χ0n) is 18.9. The van der Waals surface area contributed by atoms with Gasteiger partial charge in [0, 0.05) is 23.0 Å². The average molecular weight is 558 g/mol. The monoisotopic (exact) mass is 557 g/mol. The molecule has 2 aliphatic rings. The Balaban J connectivity index is 1.58. The molecule has 178 valence electrons. The number of hydrogen-bond acceptors (Lipinski definition) is 7. The van der Waals surface area contributed by atoms with Crippen molar-refractivity contribution in [2.75, 3.05) is 16.3 Å². The van der Waals surface area contributed by atoms with Gasteiger partial charge in [-0.15, -0.1) is 11.3 Å². The van der Waals surface area contributed by atoms with Gasteiger partial charge in [0.2, 0.25) is 0 Å². The van der Waals surface area contributed by atoms with Crippen LogP contribution in [0.2, 0.25) is 5.02 Å². The largest absolute Gasteiger partial charge is 0.335 e. The molecule has 35 heavy (non-hydrogen) atoms. The van der Waals surface area contributed by atoms with Crippen LogP contribution in [0.5, 0.6) is 0 Å². The molecule has 0 bridgehead atoms. The van der Waals surface area contributed by atoms with Crippen LogP contribution in [0.3, 0.4) is 0 Å². The first-order valence-electron chi connectivity index (χ1n) is 10.9. The van der Waals surface area contributed by atoms with Crippen molar-refractivity contribution in [3.05, 3.63) is 84.2 Å². The van der Waals surface area contributed by atoms with Crippen LogP contribution < -0.4 is 24.6 Å². The molecule has 0 aliphatic carbocycles. The van der Waals surface area contributed by atoms with E-state index in [9.17, 15) is 9.59 Å². The van der Waals surface area contributed by atoms with Gasteiger partial charge in [-0.25, -0.2) is 0 Å². The quantitative estimate of drug-likeness (QED) is 0.420. The third-order valence-corrected chi connectivity index (χ3v) is 9.59. The summed E-state index contributed by atoms with van der Waals surface area (Å²) in [6.45, 7) is 5.23. The van der Waals surface area contributed by atoms with Crippen LogP contribution in [0, 0.1) is 0 Å². The number of aromatic nitrogens is 1. The SMILES string of the molecule is CCN1/C(=C/C=c2/s/c(=C3\SC(=S)N(c4ccccc4)C3=O)n(CC)c2=O)Sc2ccc(Cl)cc21. The van der Waals surface area contributed by atoms with E-state index in [1.165, 1.54) is 28.0 Å². The highest BCUT2D eigenvalue weighted by Crippen LogP contribution is 2.46. The van der Waals surface area contributed by atoms with E-state index in [4.69, 9.17) is 23.8 Å². The zero-order valence-corrected chi connectivity index (χ0v) is 22.9. The number of fused-ring (bicyclic) bond motifs is 1. The Labute approximate surface area is 225 Å². The first kappa shape index (κ1) is 24.4. The van der Waals surface area contributed by atoms with E-state index in [2.05, 4.69) is 11.8 Å². The number of halogens is 1. The van der Waals surface area contributed by atoms with Crippen LogP contribution >= 0.6 is 58.7 Å². The Bertz CT molecular complexity index is 1560. The van der Waals surface area contributed by atoms with Gasteiger partial charge in [-0.2, -0.15) is 0 Å². The topological polar surface area (TPSA) is 45.5 Å². The molecule has 5 nitrogen and oxygen atoms in total. The van der Waals surface area contributed by atoms with Gasteiger partial charge < -0.3 is 4.90 Å². The lowest BCUT2D eigenvalue weighted by atomic mass is 10.3. The smallest absolute Gasteiger partial charge is 0.273 e. The van der Waals surface area contributed by atoms with Crippen molar-refractivity contribution in [3.63, 3.8) is 0 Å². The summed E-state index contributed by atoms with van der Waals surface area (Å²) < 4.78 is 3.33. The molecule has 2 aromatic carbocycles. The average Bonchev–Trinajstić information content (AvgIpc) is 3.47. The van der Waals surface area contributed by atoms with Gasteiger partial charge in [0.15, 0.2) is 4.32 Å². The highest BCUT2D eigenvalue weighted by molar-refractivity contribution is 8.31. The fourth-order valence-corrected chi connectivity index (χ4v) is 7.79. The standard InChI is InChI=1S/C25H20ClN3O2S4/c1-3-27-17-14-15(26)10-11-18(17)33-20(27)13-12-19-22(30)28(4-2)24(34-19)21-23(31)29(25(32)35-21)16-8-6-5-7-9-16/h5-14H,3-4H2,1-2H3/b19-12+,20-13-,24-21-. The van der Waals surface area contributed by atoms with Gasteiger partial charge >= 0.3 is 0 Å². The lowest BCUT2D eigenvalue weighted by molar-refractivity contribution is -0.112. The molecule has 1 aromatic heterocycles. The predicted molar refractivity (Wildman–Crippen MR) is 154 cm³/mol. The molecule has 5 rings (SSSR count). The van der Waals surface area contributed by atoms with E-state index >= 15 is 0 Å². The van der Waals surface area contributed by atoms with E-state index in [0.717, 1.165) is 27.8 Å². The van der Waals surface area contributed by atoms with Crippen LogP contribution in [0.25, 0.3) is 11.0 Å². The molecule has 1 saturated heterocycles. The van der Waals surface area contributed by atoms with Gasteiger partial charge in [-0.3, -0.25) is 19.1 Å². The van der Waals surface area contributed by atoms with Crippen molar-refractivity contribution in [1.29, 1.82) is 0 Å². The molecule has 0 atom stereocenters. The number of amides is 1. The molecule has 3 aromatic rings. The Morgan fingerprint density at radius 2 is 1.77 bits per heavy atom. The van der Waals surface area contributed by atoms with E-state index in [1.807, 2.05) is 67.6 Å². The lowest BCUT2D eigenvalue weighted by Crippen LogP contribution is -2.33. The van der Waals surface area contributed by atoms with Crippen molar-refractivity contribution < 1.29 is 4.79 Å². The van der Waals surface area contributed by atoms with Crippen molar-refractivity contribution in [3.8, 4) is 0 Å². The van der Waals surface area contributed by atoms with Crippen LogP contribution in [0.15, 0.2) is 69.3 Å². The van der Waals surface area contributed by atoms with E-state index in [1.54, 1.807) is 16.3 Å². The van der Waals surface area contributed by atoms with E-state index < -0.39 is 0 Å². The second-order valence-electron chi connectivity index (χ2n) is 7.62. The molecule has 0 N–H and O–H groups in total. The maximum absolute atomic E-state index is 13.3. The Morgan fingerprint density at radius 3 is 2.49 bits per heavy atom. The van der Waals surface area contributed by atoms with Crippen molar-refractivity contribution in [1.82, 2.24) is 4.57 Å². The third-order valence-electron chi connectivity index (χ3n) is 5.59. The number of allylic oxidation sites excluding steroid dienone is 1. The minimum Gasteiger partial charge on any atom is -0.335 e. The predicted octanol–water partition coefficient (Wildman–Crippen LogP) is 5.01. The van der Waals surface area contributed by atoms with Crippen molar-refractivity contribution in [2.45, 2.75) is 25.3 Å². The summed E-state index contributed by atoms with van der Waals surface area (Å²) in [6.07, 6.45) is 3.81. The van der Waals surface area contributed by atoms with Crippen molar-refractivity contribution in [2.24, 2.45) is 0 Å². The van der Waals surface area contributed by atoms with Gasteiger partial charge in [0.25, 0.3) is 11.5 Å². The molecule has 1 amide bonds. The molecule has 0 unspecified atom stereocenters. The highest BCUT2D eigenvalue weighted by Gasteiger charge is 2.35. The molecule has 0 saturated carbocycles. The minimum absolute atomic E-state index is 0.110. The van der Waals surface area contributed by atoms with Gasteiger partial charge in [0.05, 0.1) is 20.9 Å². The van der Waals surface area contributed by atoms with Crippen LogP contribution in [0.1, 0.15) is 13.8 Å². The number of nitrogens with zero attached hydrogens (tertiary/aromatic N) is 3. The summed E-state index contributed by atoms with van der Waals surface area (Å²) in [5.41, 5.74) is 1.68.